The molecule has 0 N–H and O–H groups in total. The molecule has 0 spiro atoms. The van der Waals surface area contributed by atoms with E-state index in [0.717, 1.165) is 22.2 Å². The summed E-state index contributed by atoms with van der Waals surface area (Å²) in [6.07, 6.45) is 3.74. The van der Waals surface area contributed by atoms with Crippen LogP contribution in [0.2, 0.25) is 0 Å². The molecule has 0 aliphatic rings. The first kappa shape index (κ1) is 10.9. The number of aryl methyl sites for hydroxylation is 2. The molecule has 3 heterocycles. The van der Waals surface area contributed by atoms with Gasteiger partial charge in [-0.2, -0.15) is 4.98 Å². The predicted octanol–water partition coefficient (Wildman–Crippen LogP) is 2.17. The average Bonchev–Trinajstić information content (AvgIpc) is 2.38. The van der Waals surface area contributed by atoms with E-state index in [1.807, 2.05) is 36.6 Å². The zero-order valence-electron chi connectivity index (χ0n) is 10.6. The lowest BCUT2D eigenvalue weighted by atomic mass is 10.1. The summed E-state index contributed by atoms with van der Waals surface area (Å²) < 4.78 is 1.97. The second-order valence-electron chi connectivity index (χ2n) is 4.53. The zero-order valence-corrected chi connectivity index (χ0v) is 10.6. The maximum atomic E-state index is 11.8. The average molecular weight is 239 g/mol. The van der Waals surface area contributed by atoms with E-state index in [1.165, 1.54) is 0 Å². The highest BCUT2D eigenvalue weighted by Crippen LogP contribution is 2.20. The molecule has 18 heavy (non-hydrogen) atoms. The molecular weight excluding hydrogens is 226 g/mol. The first-order valence-electron chi connectivity index (χ1n) is 5.83. The molecule has 3 aromatic heterocycles. The van der Waals surface area contributed by atoms with Crippen molar-refractivity contribution < 1.29 is 0 Å². The largest absolute Gasteiger partial charge is 0.304 e. The predicted molar refractivity (Wildman–Crippen MR) is 71.0 cm³/mol. The van der Waals surface area contributed by atoms with E-state index in [2.05, 4.69) is 9.97 Å². The summed E-state index contributed by atoms with van der Waals surface area (Å²) in [4.78, 5) is 20.4. The Morgan fingerprint density at radius 3 is 2.78 bits per heavy atom. The van der Waals surface area contributed by atoms with Crippen molar-refractivity contribution in [2.45, 2.75) is 20.8 Å². The molecule has 0 aliphatic carbocycles. The molecule has 0 unspecified atom stereocenters. The lowest BCUT2D eigenvalue weighted by Gasteiger charge is -2.11. The maximum Gasteiger partial charge on any atom is 0.276 e. The van der Waals surface area contributed by atoms with E-state index in [0.29, 0.717) is 11.2 Å². The van der Waals surface area contributed by atoms with Gasteiger partial charge in [0.2, 0.25) is 0 Å². The minimum absolute atomic E-state index is 0.165. The van der Waals surface area contributed by atoms with Crippen LogP contribution in [-0.2, 0) is 0 Å². The Bertz CT molecular complexity index is 834. The summed E-state index contributed by atoms with van der Waals surface area (Å²) in [5.41, 5.74) is 4.10. The summed E-state index contributed by atoms with van der Waals surface area (Å²) in [5.74, 6) is 0. The number of hydrogen-bond acceptors (Lipinski definition) is 3. The Morgan fingerprint density at radius 1 is 1.22 bits per heavy atom. The van der Waals surface area contributed by atoms with Gasteiger partial charge in [-0.25, -0.2) is 0 Å². The second-order valence-corrected chi connectivity index (χ2v) is 4.53. The van der Waals surface area contributed by atoms with Gasteiger partial charge in [-0.1, -0.05) is 0 Å². The molecule has 4 heteroatoms. The van der Waals surface area contributed by atoms with Gasteiger partial charge in [0.05, 0.1) is 5.52 Å². The van der Waals surface area contributed by atoms with Crippen molar-refractivity contribution in [3.8, 4) is 0 Å². The van der Waals surface area contributed by atoms with Crippen molar-refractivity contribution in [1.29, 1.82) is 0 Å². The Hall–Kier alpha value is -2.23. The van der Waals surface area contributed by atoms with Crippen LogP contribution in [0.4, 0.5) is 0 Å². The third-order valence-electron chi connectivity index (χ3n) is 3.41. The van der Waals surface area contributed by atoms with Gasteiger partial charge in [-0.3, -0.25) is 9.78 Å². The van der Waals surface area contributed by atoms with E-state index in [-0.39, 0.29) is 5.56 Å². The second kappa shape index (κ2) is 3.63. The van der Waals surface area contributed by atoms with Crippen LogP contribution in [0.5, 0.6) is 0 Å². The van der Waals surface area contributed by atoms with Crippen molar-refractivity contribution >= 4 is 16.6 Å². The number of pyridine rings is 2. The van der Waals surface area contributed by atoms with Crippen LogP contribution in [0.15, 0.2) is 29.3 Å². The third kappa shape index (κ3) is 1.35. The minimum atomic E-state index is -0.165. The third-order valence-corrected chi connectivity index (χ3v) is 3.41. The standard InChI is InChI=1S/C14H13N3O/c1-8-7-17-10(3)9(2)14(18)16-13(17)11-5-4-6-15-12(8)11/h4-7H,1-3H3. The number of hydrogen-bond donors (Lipinski definition) is 0. The molecule has 0 aliphatic heterocycles. The van der Waals surface area contributed by atoms with Crippen molar-refractivity contribution in [1.82, 2.24) is 14.4 Å². The highest BCUT2D eigenvalue weighted by atomic mass is 16.1. The quantitative estimate of drug-likeness (QED) is 0.565. The van der Waals surface area contributed by atoms with Gasteiger partial charge < -0.3 is 4.40 Å². The summed E-state index contributed by atoms with van der Waals surface area (Å²) in [5, 5.41) is 0.915. The van der Waals surface area contributed by atoms with E-state index < -0.39 is 0 Å². The van der Waals surface area contributed by atoms with Crippen LogP contribution in [0.25, 0.3) is 16.6 Å². The SMILES string of the molecule is Cc1c(C)n2cc(C)c3ncccc3c2nc1=O. The monoisotopic (exact) mass is 239 g/mol. The normalized spacial score (nSPS) is 11.3. The highest BCUT2D eigenvalue weighted by Gasteiger charge is 2.10. The Kier molecular flexibility index (Phi) is 2.20. The molecule has 0 aromatic carbocycles. The van der Waals surface area contributed by atoms with Gasteiger partial charge in [0.25, 0.3) is 5.56 Å². The van der Waals surface area contributed by atoms with Crippen LogP contribution in [0, 0.1) is 20.8 Å². The Labute approximate surface area is 104 Å². The minimum Gasteiger partial charge on any atom is -0.304 e. The van der Waals surface area contributed by atoms with Gasteiger partial charge >= 0.3 is 0 Å². The van der Waals surface area contributed by atoms with E-state index >= 15 is 0 Å². The van der Waals surface area contributed by atoms with Gasteiger partial charge in [0, 0.05) is 29.0 Å². The summed E-state index contributed by atoms with van der Waals surface area (Å²) in [6.45, 7) is 5.76. The molecule has 0 saturated heterocycles. The molecule has 0 fully saturated rings. The van der Waals surface area contributed by atoms with Gasteiger partial charge in [0.1, 0.15) is 0 Å². The molecule has 3 rings (SSSR count). The fourth-order valence-electron chi connectivity index (χ4n) is 2.23. The van der Waals surface area contributed by atoms with Crippen LogP contribution in [0.3, 0.4) is 0 Å². The molecule has 0 saturated carbocycles. The Balaban J connectivity index is 2.68. The van der Waals surface area contributed by atoms with Crippen LogP contribution in [0.1, 0.15) is 16.8 Å². The van der Waals surface area contributed by atoms with Crippen molar-refractivity contribution in [2.75, 3.05) is 0 Å². The Morgan fingerprint density at radius 2 is 2.00 bits per heavy atom. The van der Waals surface area contributed by atoms with E-state index in [9.17, 15) is 4.79 Å². The highest BCUT2D eigenvalue weighted by molar-refractivity contribution is 5.93. The van der Waals surface area contributed by atoms with Crippen molar-refractivity contribution in [3.63, 3.8) is 0 Å². The smallest absolute Gasteiger partial charge is 0.276 e. The number of rotatable bonds is 0. The fraction of sp³-hybridized carbons (Fsp3) is 0.214. The molecular formula is C14H13N3O. The molecule has 0 amide bonds. The van der Waals surface area contributed by atoms with Gasteiger partial charge in [0.15, 0.2) is 5.65 Å². The van der Waals surface area contributed by atoms with Gasteiger partial charge in [-0.15, -0.1) is 0 Å². The molecule has 90 valence electrons. The lowest BCUT2D eigenvalue weighted by Crippen LogP contribution is -2.16. The maximum absolute atomic E-state index is 11.8. The molecule has 0 atom stereocenters. The van der Waals surface area contributed by atoms with Crippen molar-refractivity contribution in [3.05, 3.63) is 51.7 Å². The first-order chi connectivity index (χ1) is 8.59. The lowest BCUT2D eigenvalue weighted by molar-refractivity contribution is 0.979. The molecule has 0 bridgehead atoms. The van der Waals surface area contributed by atoms with Crippen LogP contribution >= 0.6 is 0 Å². The van der Waals surface area contributed by atoms with Crippen LogP contribution < -0.4 is 5.56 Å². The topological polar surface area (TPSA) is 47.3 Å². The first-order valence-corrected chi connectivity index (χ1v) is 5.83. The molecule has 4 nitrogen and oxygen atoms in total. The summed E-state index contributed by atoms with van der Waals surface area (Å²) in [7, 11) is 0. The van der Waals surface area contributed by atoms with E-state index in [1.54, 1.807) is 13.1 Å². The summed E-state index contributed by atoms with van der Waals surface area (Å²) in [6, 6.07) is 3.81. The number of aromatic nitrogens is 3. The van der Waals surface area contributed by atoms with Crippen LogP contribution in [-0.4, -0.2) is 14.4 Å². The number of fused-ring (bicyclic) bond motifs is 3. The number of nitrogens with zero attached hydrogens (tertiary/aromatic N) is 3. The summed E-state index contributed by atoms with van der Waals surface area (Å²) >= 11 is 0. The zero-order chi connectivity index (χ0) is 12.9. The molecule has 0 radical (unpaired) electrons. The molecule has 3 aromatic rings. The van der Waals surface area contributed by atoms with E-state index in [4.69, 9.17) is 0 Å². The van der Waals surface area contributed by atoms with Gasteiger partial charge in [-0.05, 0) is 38.5 Å². The van der Waals surface area contributed by atoms with Crippen molar-refractivity contribution in [2.24, 2.45) is 0 Å². The fourth-order valence-corrected chi connectivity index (χ4v) is 2.23.